The lowest BCUT2D eigenvalue weighted by Gasteiger charge is -2.31. The molecule has 1 N–H and O–H groups in total. The Kier molecular flexibility index (Phi) is 6.13. The first-order valence-corrected chi connectivity index (χ1v) is 7.71. The lowest BCUT2D eigenvalue weighted by molar-refractivity contribution is -0.151. The van der Waals surface area contributed by atoms with E-state index >= 15 is 0 Å². The first-order chi connectivity index (χ1) is 8.98. The highest BCUT2D eigenvalue weighted by molar-refractivity contribution is 8.01. The quantitative estimate of drug-likeness (QED) is 0.749. The van der Waals surface area contributed by atoms with Crippen LogP contribution in [0.3, 0.4) is 0 Å². The van der Waals surface area contributed by atoms with Gasteiger partial charge in [-0.05, 0) is 27.2 Å². The summed E-state index contributed by atoms with van der Waals surface area (Å²) >= 11 is 1.58. The zero-order valence-electron chi connectivity index (χ0n) is 12.0. The molecule has 1 heterocycles. The van der Waals surface area contributed by atoms with Crippen molar-refractivity contribution in [2.45, 2.75) is 45.0 Å². The van der Waals surface area contributed by atoms with Gasteiger partial charge in [-0.3, -0.25) is 14.9 Å². The number of hydrogen-bond donors (Lipinski definition) is 1. The molecule has 0 radical (unpaired) electrons. The van der Waals surface area contributed by atoms with Crippen molar-refractivity contribution in [2.24, 2.45) is 5.92 Å². The van der Waals surface area contributed by atoms with E-state index in [9.17, 15) is 9.59 Å². The van der Waals surface area contributed by atoms with E-state index in [4.69, 9.17) is 9.47 Å². The molecule has 1 rings (SSSR count). The second-order valence-electron chi connectivity index (χ2n) is 4.58. The van der Waals surface area contributed by atoms with E-state index in [1.54, 1.807) is 25.6 Å². The minimum Gasteiger partial charge on any atom is -0.466 e. The normalized spacial score (nSPS) is 27.9. The van der Waals surface area contributed by atoms with Crippen molar-refractivity contribution in [3.8, 4) is 0 Å². The van der Waals surface area contributed by atoms with Crippen LogP contribution in [0.25, 0.3) is 0 Å². The molecule has 0 aromatic heterocycles. The van der Waals surface area contributed by atoms with Crippen LogP contribution in [0.5, 0.6) is 0 Å². The molecule has 0 spiro atoms. The molecule has 1 aliphatic rings. The number of esters is 2. The average Bonchev–Trinajstić information content (AvgIpc) is 2.74. The van der Waals surface area contributed by atoms with E-state index in [-0.39, 0.29) is 23.9 Å². The van der Waals surface area contributed by atoms with E-state index in [2.05, 4.69) is 5.32 Å². The van der Waals surface area contributed by atoms with Crippen molar-refractivity contribution in [3.05, 3.63) is 0 Å². The van der Waals surface area contributed by atoms with Gasteiger partial charge >= 0.3 is 11.9 Å². The molecule has 1 fully saturated rings. The first kappa shape index (κ1) is 16.3. The minimum absolute atomic E-state index is 0.211. The average molecular weight is 289 g/mol. The fraction of sp³-hybridized carbons (Fsp3) is 0.846. The molecule has 6 heteroatoms. The molecule has 3 atom stereocenters. The SMILES string of the molecule is CCOC(=O)C(CC)C1(C)N[C@H](C(=O)OCC)CS1. The van der Waals surface area contributed by atoms with Gasteiger partial charge in [0.1, 0.15) is 6.04 Å². The molecule has 0 amide bonds. The molecule has 0 aliphatic carbocycles. The summed E-state index contributed by atoms with van der Waals surface area (Å²) in [5.41, 5.74) is 0. The molecule has 2 unspecified atom stereocenters. The number of ether oxygens (including phenoxy) is 2. The van der Waals surface area contributed by atoms with Crippen molar-refractivity contribution in [1.29, 1.82) is 0 Å². The Morgan fingerprint density at radius 2 is 1.95 bits per heavy atom. The Morgan fingerprint density at radius 1 is 1.32 bits per heavy atom. The number of rotatable bonds is 6. The highest BCUT2D eigenvalue weighted by atomic mass is 32.2. The second-order valence-corrected chi connectivity index (χ2v) is 6.05. The number of hydrogen-bond acceptors (Lipinski definition) is 6. The Morgan fingerprint density at radius 3 is 2.47 bits per heavy atom. The fourth-order valence-electron chi connectivity index (χ4n) is 2.28. The minimum atomic E-state index is -0.474. The van der Waals surface area contributed by atoms with Crippen LogP contribution in [-0.4, -0.2) is 41.8 Å². The molecule has 0 aromatic carbocycles. The summed E-state index contributed by atoms with van der Waals surface area (Å²) in [5, 5.41) is 3.23. The largest absolute Gasteiger partial charge is 0.466 e. The molecule has 19 heavy (non-hydrogen) atoms. The predicted octanol–water partition coefficient (Wildman–Crippen LogP) is 1.56. The van der Waals surface area contributed by atoms with Gasteiger partial charge in [-0.15, -0.1) is 11.8 Å². The van der Waals surface area contributed by atoms with Gasteiger partial charge in [0.15, 0.2) is 0 Å². The summed E-state index contributed by atoms with van der Waals surface area (Å²) in [5.74, 6) is -0.114. The molecule has 0 aromatic rings. The van der Waals surface area contributed by atoms with Crippen LogP contribution in [0.1, 0.15) is 34.1 Å². The van der Waals surface area contributed by atoms with Gasteiger partial charge in [-0.1, -0.05) is 6.92 Å². The standard InChI is InChI=1S/C13H23NO4S/c1-5-9(11(15)17-6-2)13(4)14-10(8-19-13)12(16)18-7-3/h9-10,14H,5-8H2,1-4H3/t9?,10-,13?/m0/s1. The zero-order chi connectivity index (χ0) is 14.5. The van der Waals surface area contributed by atoms with E-state index < -0.39 is 4.87 Å². The Balaban J connectivity index is 2.71. The van der Waals surface area contributed by atoms with Gasteiger partial charge < -0.3 is 9.47 Å². The van der Waals surface area contributed by atoms with Gasteiger partial charge in [0.05, 0.1) is 24.0 Å². The number of thioether (sulfide) groups is 1. The van der Waals surface area contributed by atoms with Crippen molar-refractivity contribution < 1.29 is 19.1 Å². The third-order valence-electron chi connectivity index (χ3n) is 3.23. The topological polar surface area (TPSA) is 64.6 Å². The molecule has 110 valence electrons. The maximum absolute atomic E-state index is 12.0. The fourth-order valence-corrected chi connectivity index (χ4v) is 3.70. The highest BCUT2D eigenvalue weighted by Gasteiger charge is 2.47. The molecule has 0 bridgehead atoms. The lowest BCUT2D eigenvalue weighted by atomic mass is 9.97. The summed E-state index contributed by atoms with van der Waals surface area (Å²) in [4.78, 5) is 23.2. The Hall–Kier alpha value is -0.750. The van der Waals surface area contributed by atoms with Crippen molar-refractivity contribution >= 4 is 23.7 Å². The summed E-state index contributed by atoms with van der Waals surface area (Å²) in [6, 6.07) is -0.349. The Bertz CT molecular complexity index is 337. The first-order valence-electron chi connectivity index (χ1n) is 6.73. The molecule has 1 aliphatic heterocycles. The van der Waals surface area contributed by atoms with Gasteiger partial charge in [-0.25, -0.2) is 0 Å². The van der Waals surface area contributed by atoms with Crippen LogP contribution in [-0.2, 0) is 19.1 Å². The monoisotopic (exact) mass is 289 g/mol. The van der Waals surface area contributed by atoms with Crippen LogP contribution in [0.15, 0.2) is 0 Å². The molecule has 0 saturated carbocycles. The maximum atomic E-state index is 12.0. The van der Waals surface area contributed by atoms with Crippen molar-refractivity contribution in [2.75, 3.05) is 19.0 Å². The van der Waals surface area contributed by atoms with E-state index in [1.807, 2.05) is 13.8 Å². The van der Waals surface area contributed by atoms with Crippen LogP contribution in [0, 0.1) is 5.92 Å². The maximum Gasteiger partial charge on any atom is 0.324 e. The molecule has 5 nitrogen and oxygen atoms in total. The summed E-state index contributed by atoms with van der Waals surface area (Å²) in [6.07, 6.45) is 0.672. The molecular weight excluding hydrogens is 266 g/mol. The smallest absolute Gasteiger partial charge is 0.324 e. The number of carbonyl (C=O) groups is 2. The number of nitrogens with one attached hydrogen (secondary N) is 1. The zero-order valence-corrected chi connectivity index (χ0v) is 12.8. The van der Waals surface area contributed by atoms with Gasteiger partial charge in [0.2, 0.25) is 0 Å². The van der Waals surface area contributed by atoms with Gasteiger partial charge in [0.25, 0.3) is 0 Å². The van der Waals surface area contributed by atoms with Gasteiger partial charge in [0, 0.05) is 5.75 Å². The molecule has 1 saturated heterocycles. The third kappa shape index (κ3) is 3.86. The second kappa shape index (κ2) is 7.14. The van der Waals surface area contributed by atoms with E-state index in [0.29, 0.717) is 25.4 Å². The Labute approximate surface area is 118 Å². The summed E-state index contributed by atoms with van der Waals surface area (Å²) < 4.78 is 10.1. The van der Waals surface area contributed by atoms with Gasteiger partial charge in [-0.2, -0.15) is 0 Å². The van der Waals surface area contributed by atoms with Crippen LogP contribution < -0.4 is 5.32 Å². The summed E-state index contributed by atoms with van der Waals surface area (Å²) in [7, 11) is 0. The van der Waals surface area contributed by atoms with E-state index in [1.165, 1.54) is 0 Å². The van der Waals surface area contributed by atoms with Crippen LogP contribution in [0.2, 0.25) is 0 Å². The van der Waals surface area contributed by atoms with Crippen molar-refractivity contribution in [3.63, 3.8) is 0 Å². The molecular formula is C13H23NO4S. The highest BCUT2D eigenvalue weighted by Crippen LogP contribution is 2.39. The van der Waals surface area contributed by atoms with Crippen LogP contribution in [0.4, 0.5) is 0 Å². The number of carbonyl (C=O) groups excluding carboxylic acids is 2. The predicted molar refractivity (Wildman–Crippen MR) is 74.8 cm³/mol. The third-order valence-corrected chi connectivity index (χ3v) is 4.73. The van der Waals surface area contributed by atoms with Crippen molar-refractivity contribution in [1.82, 2.24) is 5.32 Å². The van der Waals surface area contributed by atoms with Crippen LogP contribution >= 0.6 is 11.8 Å². The summed E-state index contributed by atoms with van der Waals surface area (Å²) in [6.45, 7) is 8.22. The van der Waals surface area contributed by atoms with E-state index in [0.717, 1.165) is 0 Å². The lowest BCUT2D eigenvalue weighted by Crippen LogP contribution is -2.50.